The number of rotatable bonds is 4. The van der Waals surface area contributed by atoms with Gasteiger partial charge in [0.05, 0.1) is 6.61 Å². The van der Waals surface area contributed by atoms with Crippen LogP contribution in [0.3, 0.4) is 0 Å². The Hall–Kier alpha value is -1.39. The maximum absolute atomic E-state index is 12.5. The monoisotopic (exact) mass is 389 g/mol. The van der Waals surface area contributed by atoms with E-state index in [0.717, 1.165) is 24.0 Å². The summed E-state index contributed by atoms with van der Waals surface area (Å²) in [6.07, 6.45) is 1.74. The Kier molecular flexibility index (Phi) is 5.24. The van der Waals surface area contributed by atoms with Gasteiger partial charge in [-0.25, -0.2) is 4.79 Å². The second-order valence-electron chi connectivity index (χ2n) is 5.29. The number of hydrogen-bond donors (Lipinski definition) is 1. The number of carbonyl (C=O) groups excluding carboxylic acids is 1. The second-order valence-corrected chi connectivity index (χ2v) is 5.29. The van der Waals surface area contributed by atoms with Crippen LogP contribution in [0.1, 0.15) is 30.9 Å². The van der Waals surface area contributed by atoms with Gasteiger partial charge >= 0.3 is 5.97 Å². The predicted octanol–water partition coefficient (Wildman–Crippen LogP) is 3.24. The summed E-state index contributed by atoms with van der Waals surface area (Å²) in [7, 11) is 0. The molecule has 3 rings (SSSR count). The fraction of sp³-hybridized carbons (Fsp3) is 0.278. The van der Waals surface area contributed by atoms with Crippen molar-refractivity contribution in [2.75, 3.05) is 6.61 Å². The van der Waals surface area contributed by atoms with Gasteiger partial charge in [0.2, 0.25) is 5.60 Å². The molecule has 1 aliphatic carbocycles. The fourth-order valence-electron chi connectivity index (χ4n) is 2.85. The van der Waals surface area contributed by atoms with E-state index in [4.69, 9.17) is 4.74 Å². The van der Waals surface area contributed by atoms with Crippen molar-refractivity contribution in [3.63, 3.8) is 0 Å². The van der Waals surface area contributed by atoms with Gasteiger partial charge < -0.3 is 9.84 Å². The average molecular weight is 390 g/mol. The van der Waals surface area contributed by atoms with Crippen LogP contribution in [0.5, 0.6) is 0 Å². The van der Waals surface area contributed by atoms with Crippen molar-refractivity contribution in [3.05, 3.63) is 59.7 Å². The number of fused-ring (bicyclic) bond motifs is 3. The van der Waals surface area contributed by atoms with E-state index in [-0.39, 0.29) is 22.4 Å². The third-order valence-corrected chi connectivity index (χ3v) is 3.95. The zero-order valence-corrected chi connectivity index (χ0v) is 13.8. The number of benzene rings is 2. The molecule has 0 aromatic heterocycles. The minimum Gasteiger partial charge on any atom is -0.463 e. The molecular formula is C18H18AgO3. The normalized spacial score (nSPS) is 13.7. The molecule has 119 valence electrons. The summed E-state index contributed by atoms with van der Waals surface area (Å²) < 4.78 is 5.29. The standard InChI is InChI=1S/C18H18O3.Ag/c1-2-3-12-21-17(19)18(20)15-10-6-4-8-13(15)14-9-5-7-11-16(14)18;/h4-11,20H,2-3,12H2,1H3;. The zero-order valence-electron chi connectivity index (χ0n) is 12.3. The summed E-state index contributed by atoms with van der Waals surface area (Å²) in [6.45, 7) is 2.37. The maximum Gasteiger partial charge on any atom is 0.347 e. The maximum atomic E-state index is 12.5. The number of aliphatic hydroxyl groups is 1. The Morgan fingerprint density at radius 1 is 1.05 bits per heavy atom. The molecule has 0 heterocycles. The van der Waals surface area contributed by atoms with Crippen molar-refractivity contribution in [1.82, 2.24) is 0 Å². The van der Waals surface area contributed by atoms with Gasteiger partial charge in [-0.3, -0.25) is 0 Å². The molecule has 1 radical (unpaired) electrons. The number of esters is 1. The van der Waals surface area contributed by atoms with Gasteiger partial charge in [-0.15, -0.1) is 0 Å². The molecule has 0 saturated heterocycles. The summed E-state index contributed by atoms with van der Waals surface area (Å²) in [6, 6.07) is 14.9. The average Bonchev–Trinajstić information content (AvgIpc) is 2.79. The van der Waals surface area contributed by atoms with Gasteiger partial charge in [-0.2, -0.15) is 0 Å². The van der Waals surface area contributed by atoms with E-state index in [0.29, 0.717) is 17.7 Å². The molecule has 0 spiro atoms. The summed E-state index contributed by atoms with van der Waals surface area (Å²) in [5.74, 6) is -0.589. The van der Waals surface area contributed by atoms with Crippen molar-refractivity contribution in [2.45, 2.75) is 25.4 Å². The van der Waals surface area contributed by atoms with Crippen molar-refractivity contribution in [3.8, 4) is 11.1 Å². The van der Waals surface area contributed by atoms with E-state index >= 15 is 0 Å². The minimum atomic E-state index is -1.69. The molecule has 0 unspecified atom stereocenters. The molecule has 22 heavy (non-hydrogen) atoms. The van der Waals surface area contributed by atoms with Crippen LogP contribution in [-0.4, -0.2) is 17.7 Å². The Morgan fingerprint density at radius 3 is 2.05 bits per heavy atom. The van der Waals surface area contributed by atoms with Crippen molar-refractivity contribution in [1.29, 1.82) is 0 Å². The Labute approximate surface area is 145 Å². The van der Waals surface area contributed by atoms with Crippen LogP contribution in [0.2, 0.25) is 0 Å². The van der Waals surface area contributed by atoms with Gasteiger partial charge in [-0.1, -0.05) is 61.9 Å². The Balaban J connectivity index is 0.00000176. The third-order valence-electron chi connectivity index (χ3n) is 3.95. The molecule has 2 aromatic carbocycles. The fourth-order valence-corrected chi connectivity index (χ4v) is 2.85. The number of unbranched alkanes of at least 4 members (excludes halogenated alkanes) is 1. The Bertz CT molecular complexity index is 636. The van der Waals surface area contributed by atoms with Crippen LogP contribution in [0.25, 0.3) is 11.1 Å². The molecule has 3 nitrogen and oxygen atoms in total. The summed E-state index contributed by atoms with van der Waals surface area (Å²) >= 11 is 0. The van der Waals surface area contributed by atoms with E-state index in [9.17, 15) is 9.90 Å². The van der Waals surface area contributed by atoms with Gasteiger partial charge in [0, 0.05) is 33.5 Å². The van der Waals surface area contributed by atoms with Crippen LogP contribution in [-0.2, 0) is 37.5 Å². The van der Waals surface area contributed by atoms with E-state index in [1.807, 2.05) is 43.3 Å². The molecule has 0 fully saturated rings. The molecule has 0 bridgehead atoms. The van der Waals surface area contributed by atoms with Crippen molar-refractivity contribution in [2.24, 2.45) is 0 Å². The van der Waals surface area contributed by atoms with Gasteiger partial charge in [0.1, 0.15) is 0 Å². The zero-order chi connectivity index (χ0) is 14.9. The van der Waals surface area contributed by atoms with Crippen molar-refractivity contribution < 1.29 is 37.0 Å². The molecule has 0 amide bonds. The SMILES string of the molecule is CCCCOC(=O)C1(O)c2ccccc2-c2ccccc21.[Ag]. The molecule has 1 aliphatic rings. The summed E-state index contributed by atoms with van der Waals surface area (Å²) in [5.41, 5.74) is 1.30. The number of carbonyl (C=O) groups is 1. The van der Waals surface area contributed by atoms with Gasteiger partial charge in [0.25, 0.3) is 0 Å². The molecule has 0 atom stereocenters. The topological polar surface area (TPSA) is 46.5 Å². The largest absolute Gasteiger partial charge is 0.463 e. The number of ether oxygens (including phenoxy) is 1. The molecule has 4 heteroatoms. The second kappa shape index (κ2) is 6.80. The summed E-state index contributed by atoms with van der Waals surface area (Å²) in [5, 5.41) is 11.1. The van der Waals surface area contributed by atoms with E-state index in [1.165, 1.54) is 0 Å². The molecule has 0 aliphatic heterocycles. The first-order chi connectivity index (χ1) is 10.2. The van der Waals surface area contributed by atoms with Crippen LogP contribution in [0.4, 0.5) is 0 Å². The Morgan fingerprint density at radius 2 is 1.55 bits per heavy atom. The van der Waals surface area contributed by atoms with Crippen LogP contribution in [0, 0.1) is 0 Å². The van der Waals surface area contributed by atoms with Crippen LogP contribution >= 0.6 is 0 Å². The molecule has 2 aromatic rings. The smallest absolute Gasteiger partial charge is 0.347 e. The first-order valence-electron chi connectivity index (χ1n) is 7.28. The molecule has 1 N–H and O–H groups in total. The van der Waals surface area contributed by atoms with E-state index in [2.05, 4.69) is 0 Å². The number of hydrogen-bond acceptors (Lipinski definition) is 3. The molecule has 0 saturated carbocycles. The quantitative estimate of drug-likeness (QED) is 0.496. The van der Waals surface area contributed by atoms with Gasteiger partial charge in [0.15, 0.2) is 0 Å². The summed E-state index contributed by atoms with van der Waals surface area (Å²) in [4.78, 5) is 12.5. The van der Waals surface area contributed by atoms with E-state index < -0.39 is 11.6 Å². The van der Waals surface area contributed by atoms with Crippen LogP contribution in [0.15, 0.2) is 48.5 Å². The molecular weight excluding hydrogens is 372 g/mol. The third kappa shape index (κ3) is 2.55. The van der Waals surface area contributed by atoms with Crippen molar-refractivity contribution >= 4 is 5.97 Å². The van der Waals surface area contributed by atoms with E-state index in [1.54, 1.807) is 12.1 Å². The van der Waals surface area contributed by atoms with Gasteiger partial charge in [-0.05, 0) is 17.5 Å². The first kappa shape index (κ1) is 17.0. The van der Waals surface area contributed by atoms with Crippen LogP contribution < -0.4 is 0 Å². The predicted molar refractivity (Wildman–Crippen MR) is 80.7 cm³/mol. The minimum absolute atomic E-state index is 0. The first-order valence-corrected chi connectivity index (χ1v) is 7.28.